The Bertz CT molecular complexity index is 328. The van der Waals surface area contributed by atoms with Crippen LogP contribution in [0.2, 0.25) is 0 Å². The zero-order valence-corrected chi connectivity index (χ0v) is 13.9. The fraction of sp³-hybridized carbons (Fsp3) is 0.875. The molecule has 6 heteroatoms. The fourth-order valence-electron chi connectivity index (χ4n) is 2.74. The fourth-order valence-corrected chi connectivity index (χ4v) is 2.74. The zero-order chi connectivity index (χ0) is 16.2. The number of hydrogen-bond donors (Lipinski definition) is 2. The molecule has 1 rings (SSSR count). The van der Waals surface area contributed by atoms with Crippen LogP contribution in [0.1, 0.15) is 32.6 Å². The molecule has 2 N–H and O–H groups in total. The van der Waals surface area contributed by atoms with Crippen molar-refractivity contribution in [3.05, 3.63) is 0 Å². The van der Waals surface area contributed by atoms with E-state index in [0.29, 0.717) is 32.3 Å². The first-order valence-corrected chi connectivity index (χ1v) is 8.20. The summed E-state index contributed by atoms with van der Waals surface area (Å²) >= 11 is 0. The van der Waals surface area contributed by atoms with Crippen LogP contribution >= 0.6 is 0 Å². The van der Waals surface area contributed by atoms with Gasteiger partial charge in [0.25, 0.3) is 0 Å². The van der Waals surface area contributed by atoms with Crippen LogP contribution in [0.3, 0.4) is 0 Å². The van der Waals surface area contributed by atoms with Gasteiger partial charge in [0.15, 0.2) is 5.78 Å². The summed E-state index contributed by atoms with van der Waals surface area (Å²) in [5.41, 5.74) is 0. The van der Waals surface area contributed by atoms with Crippen molar-refractivity contribution in [1.29, 1.82) is 0 Å². The van der Waals surface area contributed by atoms with Crippen LogP contribution in [-0.4, -0.2) is 58.3 Å². The lowest BCUT2D eigenvalue weighted by molar-refractivity contribution is -0.126. The van der Waals surface area contributed by atoms with Crippen LogP contribution in [0, 0.1) is 11.8 Å². The lowest BCUT2D eigenvalue weighted by Gasteiger charge is -2.27. The minimum Gasteiger partial charge on any atom is -0.377 e. The standard InChI is InChI=1S/C16H30N2O4/c1-13(19)12-22-10-9-21-8-7-18-16(20)15-5-3-14(4-6-15)11-17-2/h14-15,17H,3-12H2,1-2H3,(H,18,20). The Labute approximate surface area is 133 Å². The van der Waals surface area contributed by atoms with E-state index in [-0.39, 0.29) is 24.2 Å². The molecule has 0 spiro atoms. The second kappa shape index (κ2) is 11.6. The van der Waals surface area contributed by atoms with E-state index in [2.05, 4.69) is 10.6 Å². The van der Waals surface area contributed by atoms with Crippen molar-refractivity contribution in [2.24, 2.45) is 11.8 Å². The van der Waals surface area contributed by atoms with Crippen molar-refractivity contribution >= 4 is 11.7 Å². The summed E-state index contributed by atoms with van der Waals surface area (Å²) in [7, 11) is 1.98. The van der Waals surface area contributed by atoms with Gasteiger partial charge in [-0.25, -0.2) is 0 Å². The molecule has 22 heavy (non-hydrogen) atoms. The Morgan fingerprint density at radius 2 is 1.73 bits per heavy atom. The van der Waals surface area contributed by atoms with Gasteiger partial charge in [0.05, 0.1) is 19.8 Å². The molecule has 1 aliphatic rings. The van der Waals surface area contributed by atoms with Gasteiger partial charge in [0.2, 0.25) is 5.91 Å². The number of ether oxygens (including phenoxy) is 2. The van der Waals surface area contributed by atoms with Gasteiger partial charge in [0, 0.05) is 12.5 Å². The third-order valence-corrected chi connectivity index (χ3v) is 3.93. The molecule has 1 saturated carbocycles. The van der Waals surface area contributed by atoms with Crippen LogP contribution in [0.5, 0.6) is 0 Å². The summed E-state index contributed by atoms with van der Waals surface area (Å²) in [6.45, 7) is 4.53. The molecule has 0 radical (unpaired) electrons. The van der Waals surface area contributed by atoms with Crippen molar-refractivity contribution in [2.45, 2.75) is 32.6 Å². The highest BCUT2D eigenvalue weighted by Gasteiger charge is 2.25. The molecule has 0 aromatic heterocycles. The van der Waals surface area contributed by atoms with E-state index in [1.54, 1.807) is 0 Å². The number of Topliss-reactive ketones (excluding diaryl/α,β-unsaturated/α-hetero) is 1. The first-order chi connectivity index (χ1) is 10.6. The first kappa shape index (κ1) is 19.1. The second-order valence-electron chi connectivity index (χ2n) is 5.93. The number of ketones is 1. The van der Waals surface area contributed by atoms with E-state index in [1.807, 2.05) is 7.05 Å². The molecule has 0 aromatic carbocycles. The summed E-state index contributed by atoms with van der Waals surface area (Å²) in [6.07, 6.45) is 4.22. The number of nitrogens with one attached hydrogen (secondary N) is 2. The van der Waals surface area contributed by atoms with Crippen LogP contribution in [-0.2, 0) is 19.1 Å². The lowest BCUT2D eigenvalue weighted by atomic mass is 9.81. The summed E-state index contributed by atoms with van der Waals surface area (Å²) < 4.78 is 10.4. The number of rotatable bonds is 11. The monoisotopic (exact) mass is 314 g/mol. The normalized spacial score (nSPS) is 21.5. The van der Waals surface area contributed by atoms with E-state index in [9.17, 15) is 9.59 Å². The molecule has 6 nitrogen and oxygen atoms in total. The molecule has 1 amide bonds. The van der Waals surface area contributed by atoms with Crippen LogP contribution in [0.25, 0.3) is 0 Å². The Balaban J connectivity index is 1.97. The number of carbonyl (C=O) groups is 2. The predicted octanol–water partition coefficient (Wildman–Crippen LogP) is 0.751. The van der Waals surface area contributed by atoms with Crippen molar-refractivity contribution in [3.63, 3.8) is 0 Å². The van der Waals surface area contributed by atoms with Crippen molar-refractivity contribution in [3.8, 4) is 0 Å². The maximum atomic E-state index is 12.0. The average Bonchev–Trinajstić information content (AvgIpc) is 2.50. The van der Waals surface area contributed by atoms with E-state index in [1.165, 1.54) is 6.92 Å². The number of amides is 1. The largest absolute Gasteiger partial charge is 0.377 e. The second-order valence-corrected chi connectivity index (χ2v) is 5.93. The lowest BCUT2D eigenvalue weighted by Crippen LogP contribution is -2.36. The van der Waals surface area contributed by atoms with E-state index >= 15 is 0 Å². The first-order valence-electron chi connectivity index (χ1n) is 8.20. The van der Waals surface area contributed by atoms with Gasteiger partial charge in [-0.1, -0.05) is 0 Å². The molecular formula is C16H30N2O4. The Hall–Kier alpha value is -0.980. The Morgan fingerprint density at radius 1 is 1.05 bits per heavy atom. The van der Waals surface area contributed by atoms with Crippen LogP contribution in [0.15, 0.2) is 0 Å². The van der Waals surface area contributed by atoms with Crippen molar-refractivity contribution < 1.29 is 19.1 Å². The van der Waals surface area contributed by atoms with Gasteiger partial charge in [-0.05, 0) is 52.1 Å². The van der Waals surface area contributed by atoms with E-state index < -0.39 is 0 Å². The van der Waals surface area contributed by atoms with Crippen LogP contribution < -0.4 is 10.6 Å². The molecule has 1 fully saturated rings. The molecule has 0 atom stereocenters. The minimum atomic E-state index is 0.0108. The maximum Gasteiger partial charge on any atom is 0.223 e. The third kappa shape index (κ3) is 8.46. The van der Waals surface area contributed by atoms with E-state index in [4.69, 9.17) is 9.47 Å². The third-order valence-electron chi connectivity index (χ3n) is 3.93. The molecule has 0 unspecified atom stereocenters. The molecule has 0 saturated heterocycles. The molecule has 1 aliphatic carbocycles. The highest BCUT2D eigenvalue weighted by molar-refractivity contribution is 5.78. The molecule has 0 aliphatic heterocycles. The molecule has 0 aromatic rings. The van der Waals surface area contributed by atoms with Gasteiger partial charge >= 0.3 is 0 Å². The van der Waals surface area contributed by atoms with Gasteiger partial charge in [-0.3, -0.25) is 9.59 Å². The average molecular weight is 314 g/mol. The molecule has 0 heterocycles. The van der Waals surface area contributed by atoms with Gasteiger partial charge in [-0.2, -0.15) is 0 Å². The van der Waals surface area contributed by atoms with E-state index in [0.717, 1.165) is 32.2 Å². The van der Waals surface area contributed by atoms with Gasteiger partial charge < -0.3 is 20.1 Å². The molecule has 128 valence electrons. The van der Waals surface area contributed by atoms with Crippen molar-refractivity contribution in [2.75, 3.05) is 46.6 Å². The topological polar surface area (TPSA) is 76.7 Å². The Kier molecular flexibility index (Phi) is 10.0. The summed E-state index contributed by atoms with van der Waals surface area (Å²) in [6, 6.07) is 0. The smallest absolute Gasteiger partial charge is 0.223 e. The van der Waals surface area contributed by atoms with Gasteiger partial charge in [0.1, 0.15) is 6.61 Å². The van der Waals surface area contributed by atoms with Crippen molar-refractivity contribution in [1.82, 2.24) is 10.6 Å². The Morgan fingerprint density at radius 3 is 2.36 bits per heavy atom. The summed E-state index contributed by atoms with van der Waals surface area (Å²) in [5, 5.41) is 6.14. The highest BCUT2D eigenvalue weighted by Crippen LogP contribution is 2.28. The van der Waals surface area contributed by atoms with Crippen LogP contribution in [0.4, 0.5) is 0 Å². The quantitative estimate of drug-likeness (QED) is 0.550. The predicted molar refractivity (Wildman–Crippen MR) is 84.7 cm³/mol. The number of carbonyl (C=O) groups excluding carboxylic acids is 2. The molecule has 0 bridgehead atoms. The summed E-state index contributed by atoms with van der Waals surface area (Å²) in [4.78, 5) is 22.7. The summed E-state index contributed by atoms with van der Waals surface area (Å²) in [5.74, 6) is 1.04. The van der Waals surface area contributed by atoms with Gasteiger partial charge in [-0.15, -0.1) is 0 Å². The SMILES string of the molecule is CNCC1CCC(C(=O)NCCOCCOCC(C)=O)CC1. The maximum absolute atomic E-state index is 12.0. The zero-order valence-electron chi connectivity index (χ0n) is 13.9. The molecular weight excluding hydrogens is 284 g/mol. The highest BCUT2D eigenvalue weighted by atomic mass is 16.5. The number of hydrogen-bond acceptors (Lipinski definition) is 5. The minimum absolute atomic E-state index is 0.0108.